The van der Waals surface area contributed by atoms with Gasteiger partial charge < -0.3 is 4.74 Å². The number of hydrogen-bond acceptors (Lipinski definition) is 5. The lowest BCUT2D eigenvalue weighted by Gasteiger charge is -2.29. The summed E-state index contributed by atoms with van der Waals surface area (Å²) in [6.45, 7) is 3.84. The van der Waals surface area contributed by atoms with Crippen molar-refractivity contribution < 1.29 is 9.53 Å². The van der Waals surface area contributed by atoms with Crippen LogP contribution in [0.25, 0.3) is 0 Å². The summed E-state index contributed by atoms with van der Waals surface area (Å²) in [6, 6.07) is 5.45. The second kappa shape index (κ2) is 5.32. The molecule has 19 heavy (non-hydrogen) atoms. The Hall–Kier alpha value is -0.760. The monoisotopic (exact) mass is 393 g/mol. The zero-order chi connectivity index (χ0) is 14.1. The van der Waals surface area contributed by atoms with Gasteiger partial charge in [-0.1, -0.05) is 17.7 Å². The number of aromatic nitrogens is 1. The highest BCUT2D eigenvalue weighted by Crippen LogP contribution is 2.52. The molecule has 1 aromatic rings. The Kier molecular flexibility index (Phi) is 4.10. The van der Waals surface area contributed by atoms with Crippen LogP contribution in [0, 0.1) is 5.92 Å². The van der Waals surface area contributed by atoms with E-state index in [2.05, 4.69) is 15.2 Å². The van der Waals surface area contributed by atoms with E-state index in [9.17, 15) is 4.79 Å². The van der Waals surface area contributed by atoms with Crippen molar-refractivity contribution in [3.63, 3.8) is 0 Å². The summed E-state index contributed by atoms with van der Waals surface area (Å²) in [4.78, 5) is 16.5. The molecule has 0 saturated heterocycles. The van der Waals surface area contributed by atoms with Crippen LogP contribution >= 0.6 is 34.2 Å². The van der Waals surface area contributed by atoms with Crippen LogP contribution in [-0.4, -0.2) is 20.6 Å². The first-order valence-corrected chi connectivity index (χ1v) is 7.27. The van der Waals surface area contributed by atoms with E-state index >= 15 is 0 Å². The molecule has 0 N–H and O–H groups in total. The second-order valence-electron chi connectivity index (χ2n) is 4.34. The molecule has 1 aliphatic rings. The summed E-state index contributed by atoms with van der Waals surface area (Å²) in [7, 11) is 0. The van der Waals surface area contributed by atoms with E-state index in [1.165, 1.54) is 0 Å². The Bertz CT molecular complexity index is 509. The number of alkyl halides is 2. The van der Waals surface area contributed by atoms with Gasteiger partial charge >= 0.3 is 5.97 Å². The predicted octanol–water partition coefficient (Wildman–Crippen LogP) is 3.27. The van der Waals surface area contributed by atoms with Gasteiger partial charge in [0.2, 0.25) is 3.00 Å². The minimum atomic E-state index is -1.14. The third kappa shape index (κ3) is 2.60. The zero-order valence-corrected chi connectivity index (χ0v) is 13.4. The van der Waals surface area contributed by atoms with Crippen molar-refractivity contribution in [2.75, 3.05) is 6.61 Å². The third-order valence-electron chi connectivity index (χ3n) is 3.01. The molecule has 2 rings (SSSR count). The molecule has 1 aromatic heterocycles. The van der Waals surface area contributed by atoms with Gasteiger partial charge in [0.25, 0.3) is 0 Å². The quantitative estimate of drug-likeness (QED) is 0.343. The number of ether oxygens (including phenoxy) is 1. The van der Waals surface area contributed by atoms with E-state index < -0.39 is 20.4 Å². The number of azo groups is 1. The average Bonchev–Trinajstić information content (AvgIpc) is 2.63. The van der Waals surface area contributed by atoms with Crippen molar-refractivity contribution in [2.45, 2.75) is 22.4 Å². The Balaban J connectivity index is 2.44. The van der Waals surface area contributed by atoms with Crippen LogP contribution in [0.2, 0.25) is 0 Å². The van der Waals surface area contributed by atoms with E-state index in [4.69, 9.17) is 16.3 Å². The van der Waals surface area contributed by atoms with Crippen LogP contribution in [0.3, 0.4) is 0 Å². The maximum absolute atomic E-state index is 12.2. The maximum Gasteiger partial charge on any atom is 0.316 e. The van der Waals surface area contributed by atoms with Crippen LogP contribution in [0.5, 0.6) is 0 Å². The molecule has 3 unspecified atom stereocenters. The van der Waals surface area contributed by atoms with E-state index in [0.717, 1.165) is 0 Å². The Morgan fingerprint density at radius 3 is 2.84 bits per heavy atom. The standard InChI is InChI=1S/C12H13ClIN3O2/c1-3-19-10(18)9-11(2,16-17-12(9,13)14)8-6-4-5-7-15-8/h4-7,9H,3H2,1-2H3. The Morgan fingerprint density at radius 1 is 1.53 bits per heavy atom. The van der Waals surface area contributed by atoms with E-state index in [0.29, 0.717) is 5.69 Å². The number of carbonyl (C=O) groups is 1. The molecular formula is C12H13ClIN3O2. The van der Waals surface area contributed by atoms with Gasteiger partial charge in [-0.2, -0.15) is 10.2 Å². The summed E-state index contributed by atoms with van der Waals surface area (Å²) >= 11 is 8.21. The molecule has 0 radical (unpaired) electrons. The fraction of sp³-hybridized carbons (Fsp3) is 0.500. The smallest absolute Gasteiger partial charge is 0.316 e. The van der Waals surface area contributed by atoms with Gasteiger partial charge in [-0.25, -0.2) is 0 Å². The maximum atomic E-state index is 12.2. The lowest BCUT2D eigenvalue weighted by molar-refractivity contribution is -0.150. The van der Waals surface area contributed by atoms with E-state index in [1.54, 1.807) is 32.2 Å². The molecule has 102 valence electrons. The second-order valence-corrected chi connectivity index (χ2v) is 7.19. The van der Waals surface area contributed by atoms with Crippen LogP contribution in [0.15, 0.2) is 34.6 Å². The number of esters is 1. The predicted molar refractivity (Wildman–Crippen MR) is 79.2 cm³/mol. The fourth-order valence-electron chi connectivity index (χ4n) is 2.08. The SMILES string of the molecule is CCOC(=O)C1C(Cl)(I)N=NC1(C)c1ccccn1. The minimum absolute atomic E-state index is 0.289. The molecule has 0 aliphatic carbocycles. The van der Waals surface area contributed by atoms with Crippen LogP contribution in [-0.2, 0) is 15.1 Å². The normalized spacial score (nSPS) is 33.4. The highest BCUT2D eigenvalue weighted by atomic mass is 127. The largest absolute Gasteiger partial charge is 0.466 e. The highest BCUT2D eigenvalue weighted by Gasteiger charge is 2.59. The fourth-order valence-corrected chi connectivity index (χ4v) is 3.39. The average molecular weight is 394 g/mol. The molecule has 2 heterocycles. The molecule has 0 amide bonds. The van der Waals surface area contributed by atoms with Gasteiger partial charge in [-0.15, -0.1) is 0 Å². The molecule has 1 aliphatic heterocycles. The third-order valence-corrected chi connectivity index (χ3v) is 4.14. The molecule has 3 atom stereocenters. The van der Waals surface area contributed by atoms with Gasteiger partial charge in [0, 0.05) is 6.20 Å². The van der Waals surface area contributed by atoms with Crippen molar-refractivity contribution >= 4 is 40.2 Å². The van der Waals surface area contributed by atoms with Gasteiger partial charge in [-0.3, -0.25) is 9.78 Å². The first-order chi connectivity index (χ1) is 8.92. The van der Waals surface area contributed by atoms with Crippen LogP contribution in [0.1, 0.15) is 19.5 Å². The Morgan fingerprint density at radius 2 is 2.26 bits per heavy atom. The number of nitrogens with zero attached hydrogens (tertiary/aromatic N) is 3. The lowest BCUT2D eigenvalue weighted by Crippen LogP contribution is -2.42. The number of hydrogen-bond donors (Lipinski definition) is 0. The summed E-state index contributed by atoms with van der Waals surface area (Å²) in [5, 5.41) is 8.22. The van der Waals surface area contributed by atoms with Gasteiger partial charge in [0.15, 0.2) is 0 Å². The summed E-state index contributed by atoms with van der Waals surface area (Å²) in [6.07, 6.45) is 1.65. The molecule has 0 aromatic carbocycles. The number of carbonyl (C=O) groups excluding carboxylic acids is 1. The van der Waals surface area contributed by atoms with E-state index in [1.807, 2.05) is 28.7 Å². The van der Waals surface area contributed by atoms with Crippen molar-refractivity contribution in [1.29, 1.82) is 0 Å². The first kappa shape index (κ1) is 14.6. The van der Waals surface area contributed by atoms with Gasteiger partial charge in [0.05, 0.1) is 12.3 Å². The molecule has 0 fully saturated rings. The molecule has 7 heteroatoms. The van der Waals surface area contributed by atoms with Crippen molar-refractivity contribution in [2.24, 2.45) is 16.1 Å². The van der Waals surface area contributed by atoms with Gasteiger partial charge in [0.1, 0.15) is 11.5 Å². The molecule has 0 spiro atoms. The highest BCUT2D eigenvalue weighted by molar-refractivity contribution is 14.1. The lowest BCUT2D eigenvalue weighted by atomic mass is 9.84. The van der Waals surface area contributed by atoms with Crippen LogP contribution in [0.4, 0.5) is 0 Å². The summed E-state index contributed by atoms with van der Waals surface area (Å²) < 4.78 is 3.96. The summed E-state index contributed by atoms with van der Waals surface area (Å²) in [5.41, 5.74) is -0.257. The number of rotatable bonds is 3. The number of halogens is 2. The summed E-state index contributed by atoms with van der Waals surface area (Å²) in [5.74, 6) is -1.12. The van der Waals surface area contributed by atoms with Crippen molar-refractivity contribution in [3.8, 4) is 0 Å². The zero-order valence-electron chi connectivity index (χ0n) is 10.5. The van der Waals surface area contributed by atoms with Crippen molar-refractivity contribution in [1.82, 2.24) is 4.98 Å². The van der Waals surface area contributed by atoms with Crippen molar-refractivity contribution in [3.05, 3.63) is 30.1 Å². The van der Waals surface area contributed by atoms with E-state index in [-0.39, 0.29) is 6.61 Å². The number of pyridine rings is 1. The molecule has 0 saturated carbocycles. The molecule has 0 bridgehead atoms. The Labute approximate surface area is 129 Å². The molecular weight excluding hydrogens is 381 g/mol. The van der Waals surface area contributed by atoms with Crippen LogP contribution < -0.4 is 0 Å². The topological polar surface area (TPSA) is 63.9 Å². The minimum Gasteiger partial charge on any atom is -0.466 e. The first-order valence-electron chi connectivity index (χ1n) is 5.82. The van der Waals surface area contributed by atoms with Gasteiger partial charge in [-0.05, 0) is 48.6 Å². The molecule has 5 nitrogen and oxygen atoms in total.